The van der Waals surface area contributed by atoms with E-state index in [0.29, 0.717) is 17.5 Å². The Hall–Kier alpha value is -2.01. The Bertz CT molecular complexity index is 586. The van der Waals surface area contributed by atoms with Crippen molar-refractivity contribution >= 4 is 23.4 Å². The molecule has 1 aromatic heterocycles. The molecule has 0 fully saturated rings. The van der Waals surface area contributed by atoms with Crippen LogP contribution in [0.1, 0.15) is 18.9 Å². The lowest BCUT2D eigenvalue weighted by atomic mass is 10.2. The zero-order valence-corrected chi connectivity index (χ0v) is 12.9. The number of halogens is 1. The van der Waals surface area contributed by atoms with E-state index >= 15 is 0 Å². The minimum atomic E-state index is 0.0288. The smallest absolute Gasteiger partial charge is 0.223 e. The van der Waals surface area contributed by atoms with Crippen molar-refractivity contribution in [3.8, 4) is 5.75 Å². The van der Waals surface area contributed by atoms with E-state index in [0.717, 1.165) is 17.7 Å². The van der Waals surface area contributed by atoms with Crippen molar-refractivity contribution in [2.24, 2.45) is 0 Å². The predicted octanol–water partition coefficient (Wildman–Crippen LogP) is 3.29. The number of hydrogen-bond acceptors (Lipinski definition) is 5. The van der Waals surface area contributed by atoms with Crippen molar-refractivity contribution in [2.75, 3.05) is 17.6 Å². The first-order chi connectivity index (χ1) is 10.1. The number of nitrogens with two attached hydrogens (primary N) is 1. The first-order valence-electron chi connectivity index (χ1n) is 6.84. The van der Waals surface area contributed by atoms with Crippen LogP contribution in [0.25, 0.3) is 0 Å². The standard InChI is InChI=1S/C15H19ClN4O/c1-3-11(21-12-7-5-4-6-10(12)2)9-18-14-8-13(16)19-15(17)20-14/h4-8,11H,3,9H2,1-2H3,(H3,17,18,19,20). The van der Waals surface area contributed by atoms with Crippen molar-refractivity contribution in [2.45, 2.75) is 26.4 Å². The second kappa shape index (κ2) is 7.13. The first kappa shape index (κ1) is 15.4. The number of nitrogens with one attached hydrogen (secondary N) is 1. The van der Waals surface area contributed by atoms with Crippen LogP contribution in [0.4, 0.5) is 11.8 Å². The molecule has 0 spiro atoms. The van der Waals surface area contributed by atoms with Gasteiger partial charge in [0.25, 0.3) is 0 Å². The number of aromatic nitrogens is 2. The van der Waals surface area contributed by atoms with E-state index in [-0.39, 0.29) is 12.1 Å². The maximum atomic E-state index is 6.01. The lowest BCUT2D eigenvalue weighted by Gasteiger charge is -2.19. The van der Waals surface area contributed by atoms with E-state index in [1.54, 1.807) is 6.07 Å². The van der Waals surface area contributed by atoms with Gasteiger partial charge in [0.1, 0.15) is 22.8 Å². The minimum Gasteiger partial charge on any atom is -0.488 e. The Morgan fingerprint density at radius 2 is 2.10 bits per heavy atom. The molecule has 0 aliphatic carbocycles. The molecular weight excluding hydrogens is 288 g/mol. The lowest BCUT2D eigenvalue weighted by molar-refractivity contribution is 0.208. The zero-order chi connectivity index (χ0) is 15.2. The number of anilines is 2. The Morgan fingerprint density at radius 1 is 1.33 bits per heavy atom. The molecule has 21 heavy (non-hydrogen) atoms. The van der Waals surface area contributed by atoms with Crippen LogP contribution in [0.3, 0.4) is 0 Å². The third-order valence-electron chi connectivity index (χ3n) is 3.07. The topological polar surface area (TPSA) is 73.1 Å². The summed E-state index contributed by atoms with van der Waals surface area (Å²) in [5.41, 5.74) is 6.68. The quantitative estimate of drug-likeness (QED) is 0.801. The average molecular weight is 307 g/mol. The third-order valence-corrected chi connectivity index (χ3v) is 3.26. The molecule has 1 unspecified atom stereocenters. The van der Waals surface area contributed by atoms with Gasteiger partial charge in [-0.15, -0.1) is 0 Å². The summed E-state index contributed by atoms with van der Waals surface area (Å²) in [6, 6.07) is 9.59. The summed E-state index contributed by atoms with van der Waals surface area (Å²) in [6.07, 6.45) is 0.899. The van der Waals surface area contributed by atoms with Gasteiger partial charge in [-0.1, -0.05) is 36.7 Å². The van der Waals surface area contributed by atoms with Gasteiger partial charge in [0, 0.05) is 6.07 Å². The van der Waals surface area contributed by atoms with Gasteiger partial charge in [0.05, 0.1) is 6.54 Å². The largest absolute Gasteiger partial charge is 0.488 e. The zero-order valence-electron chi connectivity index (χ0n) is 12.1. The van der Waals surface area contributed by atoms with Crippen molar-refractivity contribution in [1.82, 2.24) is 9.97 Å². The Labute approximate surface area is 129 Å². The van der Waals surface area contributed by atoms with Crippen LogP contribution in [0.2, 0.25) is 5.15 Å². The fourth-order valence-corrected chi connectivity index (χ4v) is 2.07. The molecule has 0 bridgehead atoms. The molecule has 0 saturated carbocycles. The molecule has 5 nitrogen and oxygen atoms in total. The summed E-state index contributed by atoms with van der Waals surface area (Å²) in [5.74, 6) is 1.64. The molecular formula is C15H19ClN4O. The molecule has 0 radical (unpaired) electrons. The summed E-state index contributed by atoms with van der Waals surface area (Å²) < 4.78 is 6.01. The van der Waals surface area contributed by atoms with Crippen molar-refractivity contribution in [3.63, 3.8) is 0 Å². The van der Waals surface area contributed by atoms with E-state index in [1.165, 1.54) is 0 Å². The van der Waals surface area contributed by atoms with Gasteiger partial charge in [-0.3, -0.25) is 0 Å². The Balaban J connectivity index is 1.98. The van der Waals surface area contributed by atoms with Crippen LogP contribution in [0.5, 0.6) is 5.75 Å². The number of hydrogen-bond donors (Lipinski definition) is 2. The molecule has 6 heteroatoms. The number of aryl methyl sites for hydroxylation is 1. The van der Waals surface area contributed by atoms with Gasteiger partial charge in [0.15, 0.2) is 0 Å². The molecule has 2 aromatic rings. The fraction of sp³-hybridized carbons (Fsp3) is 0.333. The molecule has 3 N–H and O–H groups in total. The highest BCUT2D eigenvalue weighted by Crippen LogP contribution is 2.19. The monoisotopic (exact) mass is 306 g/mol. The van der Waals surface area contributed by atoms with Crippen LogP contribution in [0, 0.1) is 6.92 Å². The molecule has 1 aromatic carbocycles. The van der Waals surface area contributed by atoms with Crippen LogP contribution in [-0.2, 0) is 0 Å². The van der Waals surface area contributed by atoms with Gasteiger partial charge < -0.3 is 15.8 Å². The van der Waals surface area contributed by atoms with Crippen LogP contribution in [0.15, 0.2) is 30.3 Å². The van der Waals surface area contributed by atoms with Crippen LogP contribution >= 0.6 is 11.6 Å². The van der Waals surface area contributed by atoms with E-state index in [9.17, 15) is 0 Å². The van der Waals surface area contributed by atoms with Crippen molar-refractivity contribution in [3.05, 3.63) is 41.0 Å². The van der Waals surface area contributed by atoms with Gasteiger partial charge >= 0.3 is 0 Å². The second-order valence-electron chi connectivity index (χ2n) is 4.73. The summed E-state index contributed by atoms with van der Waals surface area (Å²) in [5, 5.41) is 3.49. The van der Waals surface area contributed by atoms with Gasteiger partial charge in [0.2, 0.25) is 5.95 Å². The highest BCUT2D eigenvalue weighted by molar-refractivity contribution is 6.29. The molecule has 1 atom stereocenters. The van der Waals surface area contributed by atoms with Gasteiger partial charge in [-0.05, 0) is 25.0 Å². The van der Waals surface area contributed by atoms with E-state index in [1.807, 2.05) is 31.2 Å². The van der Waals surface area contributed by atoms with Gasteiger partial charge in [-0.25, -0.2) is 4.98 Å². The average Bonchev–Trinajstić information content (AvgIpc) is 2.44. The highest BCUT2D eigenvalue weighted by Gasteiger charge is 2.10. The third kappa shape index (κ3) is 4.49. The molecule has 1 heterocycles. The summed E-state index contributed by atoms with van der Waals surface area (Å²) in [7, 11) is 0. The highest BCUT2D eigenvalue weighted by atomic mass is 35.5. The molecule has 0 saturated heterocycles. The normalized spacial score (nSPS) is 12.0. The maximum Gasteiger partial charge on any atom is 0.223 e. The SMILES string of the molecule is CCC(CNc1cc(Cl)nc(N)n1)Oc1ccccc1C. The fourth-order valence-electron chi connectivity index (χ4n) is 1.88. The van der Waals surface area contributed by atoms with E-state index < -0.39 is 0 Å². The summed E-state index contributed by atoms with van der Waals surface area (Å²) >= 11 is 5.85. The summed E-state index contributed by atoms with van der Waals surface area (Å²) in [6.45, 7) is 4.71. The van der Waals surface area contributed by atoms with Crippen molar-refractivity contribution < 1.29 is 4.74 Å². The van der Waals surface area contributed by atoms with Crippen LogP contribution < -0.4 is 15.8 Å². The lowest BCUT2D eigenvalue weighted by Crippen LogP contribution is -2.26. The predicted molar refractivity (Wildman–Crippen MR) is 85.8 cm³/mol. The van der Waals surface area contributed by atoms with Crippen LogP contribution in [-0.4, -0.2) is 22.6 Å². The van der Waals surface area contributed by atoms with E-state index in [2.05, 4.69) is 22.2 Å². The number of rotatable bonds is 6. The molecule has 0 aliphatic rings. The maximum absolute atomic E-state index is 6.01. The summed E-state index contributed by atoms with van der Waals surface area (Å²) in [4.78, 5) is 7.90. The molecule has 0 amide bonds. The van der Waals surface area contributed by atoms with Crippen molar-refractivity contribution in [1.29, 1.82) is 0 Å². The number of nitrogen functional groups attached to an aromatic ring is 1. The van der Waals surface area contributed by atoms with E-state index in [4.69, 9.17) is 22.1 Å². The van der Waals surface area contributed by atoms with Gasteiger partial charge in [-0.2, -0.15) is 4.98 Å². The Morgan fingerprint density at radius 3 is 2.76 bits per heavy atom. The molecule has 112 valence electrons. The molecule has 2 rings (SSSR count). The molecule has 0 aliphatic heterocycles. The number of nitrogens with zero attached hydrogens (tertiary/aromatic N) is 2. The number of benzene rings is 1. The first-order valence-corrected chi connectivity index (χ1v) is 7.22. The minimum absolute atomic E-state index is 0.0288. The number of ether oxygens (including phenoxy) is 1. The number of para-hydroxylation sites is 1. The second-order valence-corrected chi connectivity index (χ2v) is 5.12. The Kier molecular flexibility index (Phi) is 5.22.